The van der Waals surface area contributed by atoms with E-state index in [1.54, 1.807) is 18.3 Å². The number of nitrogens with zero attached hydrogens (tertiary/aromatic N) is 1. The van der Waals surface area contributed by atoms with E-state index < -0.39 is 5.56 Å². The van der Waals surface area contributed by atoms with Crippen LogP contribution in [0.25, 0.3) is 0 Å². The van der Waals surface area contributed by atoms with E-state index >= 15 is 0 Å². The molecular weight excluding hydrogens is 334 g/mol. The van der Waals surface area contributed by atoms with Gasteiger partial charge in [0.15, 0.2) is 0 Å². The first-order chi connectivity index (χ1) is 11.6. The number of halogens is 1. The van der Waals surface area contributed by atoms with Crippen LogP contribution in [-0.2, 0) is 4.74 Å². The molecule has 1 saturated heterocycles. The van der Waals surface area contributed by atoms with Gasteiger partial charge in [-0.3, -0.25) is 9.59 Å². The number of aromatic nitrogens is 2. The minimum Gasteiger partial charge on any atom is -0.472 e. The Labute approximate surface area is 143 Å². The molecule has 0 unspecified atom stereocenters. The lowest BCUT2D eigenvalue weighted by atomic mass is 10.1. The number of H-pyrrole nitrogens is 1. The first kappa shape index (κ1) is 16.5. The molecule has 8 heteroatoms. The predicted octanol–water partition coefficient (Wildman–Crippen LogP) is 1.39. The zero-order valence-corrected chi connectivity index (χ0v) is 13.5. The molecule has 2 aromatic rings. The van der Waals surface area contributed by atoms with Gasteiger partial charge in [0.2, 0.25) is 5.88 Å². The lowest BCUT2D eigenvalue weighted by Gasteiger charge is -2.32. The second-order valence-corrected chi connectivity index (χ2v) is 5.74. The van der Waals surface area contributed by atoms with Crippen molar-refractivity contribution in [1.29, 1.82) is 0 Å². The number of carbonyl (C=O) groups excluding carboxylic acids is 1. The van der Waals surface area contributed by atoms with Crippen molar-refractivity contribution in [3.63, 3.8) is 0 Å². The maximum absolute atomic E-state index is 12.4. The van der Waals surface area contributed by atoms with Crippen molar-refractivity contribution in [2.24, 2.45) is 0 Å². The summed E-state index contributed by atoms with van der Waals surface area (Å²) in [5.41, 5.74) is -0.174. The fraction of sp³-hybridized carbons (Fsp3) is 0.312. The van der Waals surface area contributed by atoms with Gasteiger partial charge in [0.05, 0.1) is 24.8 Å². The molecule has 2 aromatic heterocycles. The van der Waals surface area contributed by atoms with Crippen LogP contribution in [0.5, 0.6) is 5.88 Å². The SMILES string of the molecule is O=C(N[C@@H]1COCC[C@H]1Oc1ccccn1)c1c[nH]c(=O)c(Cl)c1. The molecule has 3 rings (SSSR count). The third-order valence-corrected chi connectivity index (χ3v) is 3.92. The Kier molecular flexibility index (Phi) is 5.12. The molecule has 0 saturated carbocycles. The molecule has 24 heavy (non-hydrogen) atoms. The Morgan fingerprint density at radius 2 is 2.33 bits per heavy atom. The minimum absolute atomic E-state index is 0.0381. The van der Waals surface area contributed by atoms with E-state index in [2.05, 4.69) is 15.3 Å². The van der Waals surface area contributed by atoms with Crippen LogP contribution in [0.1, 0.15) is 16.8 Å². The summed E-state index contributed by atoms with van der Waals surface area (Å²) in [6.07, 6.45) is 3.34. The molecule has 2 atom stereocenters. The number of rotatable bonds is 4. The van der Waals surface area contributed by atoms with E-state index in [1.165, 1.54) is 12.3 Å². The molecule has 1 fully saturated rings. The summed E-state index contributed by atoms with van der Waals surface area (Å²) in [7, 11) is 0. The molecule has 1 amide bonds. The Balaban J connectivity index is 1.70. The van der Waals surface area contributed by atoms with Crippen molar-refractivity contribution >= 4 is 17.5 Å². The molecule has 0 spiro atoms. The van der Waals surface area contributed by atoms with E-state index in [9.17, 15) is 9.59 Å². The quantitative estimate of drug-likeness (QED) is 0.870. The standard InChI is InChI=1S/C16H16ClN3O4/c17-11-7-10(8-19-16(11)22)15(21)20-12-9-23-6-4-13(12)24-14-3-1-2-5-18-14/h1-3,5,7-8,12-13H,4,6,9H2,(H,19,22)(H,20,21)/t12-,13-/m1/s1. The Morgan fingerprint density at radius 3 is 3.08 bits per heavy atom. The van der Waals surface area contributed by atoms with Crippen molar-refractivity contribution in [2.45, 2.75) is 18.6 Å². The average molecular weight is 350 g/mol. The van der Waals surface area contributed by atoms with E-state index in [4.69, 9.17) is 21.1 Å². The highest BCUT2D eigenvalue weighted by molar-refractivity contribution is 6.30. The van der Waals surface area contributed by atoms with Crippen LogP contribution in [0.15, 0.2) is 41.5 Å². The van der Waals surface area contributed by atoms with Gasteiger partial charge in [-0.15, -0.1) is 0 Å². The molecule has 0 aromatic carbocycles. The molecule has 0 bridgehead atoms. The van der Waals surface area contributed by atoms with Crippen LogP contribution < -0.4 is 15.6 Å². The number of amides is 1. The molecule has 1 aliphatic heterocycles. The lowest BCUT2D eigenvalue weighted by molar-refractivity contribution is -0.00449. The van der Waals surface area contributed by atoms with Gasteiger partial charge < -0.3 is 19.8 Å². The van der Waals surface area contributed by atoms with E-state index in [1.807, 2.05) is 6.07 Å². The van der Waals surface area contributed by atoms with Crippen LogP contribution in [-0.4, -0.2) is 41.2 Å². The molecule has 2 N–H and O–H groups in total. The monoisotopic (exact) mass is 349 g/mol. The number of nitrogens with one attached hydrogen (secondary N) is 2. The Morgan fingerprint density at radius 1 is 1.46 bits per heavy atom. The van der Waals surface area contributed by atoms with E-state index in [-0.39, 0.29) is 28.6 Å². The Hall–Kier alpha value is -2.38. The number of pyridine rings is 2. The predicted molar refractivity (Wildman–Crippen MR) is 87.4 cm³/mol. The summed E-state index contributed by atoms with van der Waals surface area (Å²) >= 11 is 5.76. The highest BCUT2D eigenvalue weighted by Crippen LogP contribution is 2.16. The van der Waals surface area contributed by atoms with Crippen LogP contribution in [0, 0.1) is 0 Å². The summed E-state index contributed by atoms with van der Waals surface area (Å²) in [5.74, 6) is 0.133. The second kappa shape index (κ2) is 7.46. The van der Waals surface area contributed by atoms with Crippen LogP contribution in [0.4, 0.5) is 0 Å². The fourth-order valence-corrected chi connectivity index (χ4v) is 2.58. The highest BCUT2D eigenvalue weighted by Gasteiger charge is 2.29. The zero-order valence-electron chi connectivity index (χ0n) is 12.7. The van der Waals surface area contributed by atoms with Gasteiger partial charge in [0.1, 0.15) is 11.1 Å². The molecule has 126 valence electrons. The first-order valence-corrected chi connectivity index (χ1v) is 7.86. The molecule has 0 aliphatic carbocycles. The number of hydrogen-bond donors (Lipinski definition) is 2. The van der Waals surface area contributed by atoms with Gasteiger partial charge in [-0.25, -0.2) is 4.98 Å². The van der Waals surface area contributed by atoms with Crippen molar-refractivity contribution in [3.05, 3.63) is 57.6 Å². The number of hydrogen-bond acceptors (Lipinski definition) is 5. The van der Waals surface area contributed by atoms with Crippen molar-refractivity contribution in [1.82, 2.24) is 15.3 Å². The molecule has 3 heterocycles. The topological polar surface area (TPSA) is 93.3 Å². The van der Waals surface area contributed by atoms with Gasteiger partial charge in [-0.1, -0.05) is 17.7 Å². The van der Waals surface area contributed by atoms with Gasteiger partial charge >= 0.3 is 0 Å². The Bertz CT molecular complexity index is 765. The number of ether oxygens (including phenoxy) is 2. The number of carbonyl (C=O) groups is 1. The minimum atomic E-state index is -0.439. The van der Waals surface area contributed by atoms with Gasteiger partial charge in [-0.05, 0) is 12.1 Å². The van der Waals surface area contributed by atoms with Gasteiger partial charge in [0.25, 0.3) is 11.5 Å². The third-order valence-electron chi connectivity index (χ3n) is 3.64. The molecular formula is C16H16ClN3O4. The van der Waals surface area contributed by atoms with Crippen molar-refractivity contribution < 1.29 is 14.3 Å². The smallest absolute Gasteiger partial charge is 0.266 e. The average Bonchev–Trinajstić information content (AvgIpc) is 2.60. The van der Waals surface area contributed by atoms with Crippen molar-refractivity contribution in [3.8, 4) is 5.88 Å². The van der Waals surface area contributed by atoms with Gasteiger partial charge in [0, 0.05) is 24.9 Å². The van der Waals surface area contributed by atoms with Crippen LogP contribution in [0.2, 0.25) is 5.02 Å². The largest absolute Gasteiger partial charge is 0.472 e. The normalized spacial score (nSPS) is 20.4. The summed E-state index contributed by atoms with van der Waals surface area (Å²) in [5, 5.41) is 2.82. The maximum atomic E-state index is 12.4. The summed E-state index contributed by atoms with van der Waals surface area (Å²) in [4.78, 5) is 30.2. The second-order valence-electron chi connectivity index (χ2n) is 5.33. The first-order valence-electron chi connectivity index (χ1n) is 7.48. The molecule has 0 radical (unpaired) electrons. The van der Waals surface area contributed by atoms with E-state index in [0.29, 0.717) is 25.5 Å². The summed E-state index contributed by atoms with van der Waals surface area (Å²) < 4.78 is 11.3. The lowest BCUT2D eigenvalue weighted by Crippen LogP contribution is -2.52. The summed E-state index contributed by atoms with van der Waals surface area (Å²) in [6, 6.07) is 6.39. The van der Waals surface area contributed by atoms with Crippen LogP contribution in [0.3, 0.4) is 0 Å². The van der Waals surface area contributed by atoms with Gasteiger partial charge in [-0.2, -0.15) is 0 Å². The molecule has 1 aliphatic rings. The van der Waals surface area contributed by atoms with E-state index in [0.717, 1.165) is 0 Å². The van der Waals surface area contributed by atoms with Crippen LogP contribution >= 0.6 is 11.6 Å². The zero-order chi connectivity index (χ0) is 16.9. The maximum Gasteiger partial charge on any atom is 0.266 e. The highest BCUT2D eigenvalue weighted by atomic mass is 35.5. The summed E-state index contributed by atoms with van der Waals surface area (Å²) in [6.45, 7) is 0.884. The fourth-order valence-electron chi connectivity index (χ4n) is 2.40. The third kappa shape index (κ3) is 3.93. The molecule has 7 nitrogen and oxygen atoms in total. The van der Waals surface area contributed by atoms with Crippen molar-refractivity contribution in [2.75, 3.05) is 13.2 Å². The number of aromatic amines is 1.